The number of fused-ring (bicyclic) bond motifs is 2. The van der Waals surface area contributed by atoms with Gasteiger partial charge in [0.2, 0.25) is 0 Å². The zero-order valence-electron chi connectivity index (χ0n) is 55.5. The number of amides is 8. The molecule has 0 unspecified atom stereocenters. The Hall–Kier alpha value is -10.6. The number of benzene rings is 8. The standard InChI is InChI=1S/C81H76N4O10/c1-11-51-37-47(38-52(12-2)73(51)82-69(86)31-32-70(82)87)35-49-41-55(15-5)75(56(16-6)42-49)84-77(90)65-29-27-63(45-67(65)79(84)92)94-61-23-19-59(20-24-61)81(9,10)60-21-25-62(26-22-60)95-64-28-30-66-68(46-64)80(93)85(78(66)91)76-57(17-7)43-50(44-58(76)18-8)36-48-39-53(13-3)74(54(14-4)40-48)83-71(88)33-34-72(83)89/h19-34,37-46H,11-18,35-36H2,1-10H3. The fraction of sp³-hybridized carbons (Fsp3) is 0.259. The van der Waals surface area contributed by atoms with E-state index in [1.165, 1.54) is 43.9 Å². The number of hydrogen-bond acceptors (Lipinski definition) is 10. The number of carbonyl (C=O) groups excluding carboxylic acids is 8. The number of rotatable bonds is 22. The van der Waals surface area contributed by atoms with Gasteiger partial charge in [0.25, 0.3) is 47.3 Å². The Bertz CT molecular complexity index is 4200. The van der Waals surface area contributed by atoms with Crippen LogP contribution in [0.4, 0.5) is 22.7 Å². The smallest absolute Gasteiger partial charge is 0.266 e. The average molecular weight is 1270 g/mol. The summed E-state index contributed by atoms with van der Waals surface area (Å²) in [7, 11) is 0. The molecule has 0 fully saturated rings. The lowest BCUT2D eigenvalue weighted by Crippen LogP contribution is -2.31. The summed E-state index contributed by atoms with van der Waals surface area (Å²) in [5, 5.41) is 0. The molecule has 0 bridgehead atoms. The van der Waals surface area contributed by atoms with E-state index in [0.717, 1.165) is 77.9 Å². The zero-order valence-corrected chi connectivity index (χ0v) is 55.5. The molecule has 0 atom stereocenters. The Kier molecular flexibility index (Phi) is 17.7. The van der Waals surface area contributed by atoms with Crippen LogP contribution in [-0.2, 0) is 88.8 Å². The number of hydrogen-bond donors (Lipinski definition) is 0. The lowest BCUT2D eigenvalue weighted by Gasteiger charge is -2.26. The maximum atomic E-state index is 14.5. The topological polar surface area (TPSA) is 168 Å². The number of anilines is 4. The minimum atomic E-state index is -0.455. The molecule has 4 heterocycles. The summed E-state index contributed by atoms with van der Waals surface area (Å²) in [6.07, 6.45) is 11.3. The number of nitrogens with zero attached hydrogens (tertiary/aromatic N) is 4. The maximum absolute atomic E-state index is 14.5. The first-order valence-electron chi connectivity index (χ1n) is 33.1. The van der Waals surface area contributed by atoms with Gasteiger partial charge in [-0.1, -0.05) is 142 Å². The summed E-state index contributed by atoms with van der Waals surface area (Å²) >= 11 is 0. The highest BCUT2D eigenvalue weighted by Crippen LogP contribution is 2.43. The minimum Gasteiger partial charge on any atom is -0.457 e. The van der Waals surface area contributed by atoms with E-state index in [4.69, 9.17) is 9.47 Å². The van der Waals surface area contributed by atoms with Crippen LogP contribution in [-0.4, -0.2) is 47.3 Å². The average Bonchev–Trinajstić information content (AvgIpc) is 1.64. The van der Waals surface area contributed by atoms with Crippen molar-refractivity contribution in [2.45, 2.75) is 139 Å². The van der Waals surface area contributed by atoms with E-state index in [1.807, 2.05) is 104 Å². The molecular weight excluding hydrogens is 1190 g/mol. The second-order valence-corrected chi connectivity index (χ2v) is 25.1. The van der Waals surface area contributed by atoms with Crippen LogP contribution < -0.4 is 29.1 Å². The van der Waals surface area contributed by atoms with Crippen molar-refractivity contribution in [2.75, 3.05) is 19.6 Å². The molecule has 14 nitrogen and oxygen atoms in total. The van der Waals surface area contributed by atoms with Crippen molar-refractivity contribution >= 4 is 70.0 Å². The van der Waals surface area contributed by atoms with Crippen LogP contribution in [0.2, 0.25) is 0 Å². The lowest BCUT2D eigenvalue weighted by molar-refractivity contribution is -0.121. The summed E-state index contributed by atoms with van der Waals surface area (Å²) in [4.78, 5) is 114. The molecule has 0 saturated carbocycles. The molecule has 4 aliphatic heterocycles. The third kappa shape index (κ3) is 11.7. The molecule has 14 heteroatoms. The predicted molar refractivity (Wildman–Crippen MR) is 370 cm³/mol. The molecule has 0 N–H and O–H groups in total. The molecule has 480 valence electrons. The molecule has 0 aromatic heterocycles. The molecule has 0 saturated heterocycles. The van der Waals surface area contributed by atoms with E-state index < -0.39 is 17.2 Å². The molecule has 8 amide bonds. The zero-order chi connectivity index (χ0) is 67.3. The van der Waals surface area contributed by atoms with E-state index in [2.05, 4.69) is 62.4 Å². The van der Waals surface area contributed by atoms with Gasteiger partial charge in [0.05, 0.1) is 45.0 Å². The summed E-state index contributed by atoms with van der Waals surface area (Å²) in [6, 6.07) is 42.2. The fourth-order valence-corrected chi connectivity index (χ4v) is 14.0. The van der Waals surface area contributed by atoms with Gasteiger partial charge in [-0.05, 0) is 203 Å². The van der Waals surface area contributed by atoms with Crippen molar-refractivity contribution < 1.29 is 47.8 Å². The third-order valence-corrected chi connectivity index (χ3v) is 19.0. The molecule has 0 radical (unpaired) electrons. The SMILES string of the molecule is CCc1cc(Cc2cc(CC)c(N3C(=O)c4ccc(Oc5ccc(C(C)(C)c6ccc(Oc7ccc8c(c7)C(=O)N(c7c(CC)cc(Cc9cc(CC)c(N%10C(=O)C=CC%10=O)c(CC)c9)cc7CC)C8=O)cc6)cc5)cc4C3=O)c(CC)c2)cc(CC)c1N1C(=O)C=CC1=O. The largest absolute Gasteiger partial charge is 0.457 e. The van der Waals surface area contributed by atoms with Crippen molar-refractivity contribution in [3.63, 3.8) is 0 Å². The quantitative estimate of drug-likeness (QED) is 0.0596. The highest BCUT2D eigenvalue weighted by Gasteiger charge is 2.41. The predicted octanol–water partition coefficient (Wildman–Crippen LogP) is 15.7. The van der Waals surface area contributed by atoms with Crippen molar-refractivity contribution in [1.29, 1.82) is 0 Å². The first kappa shape index (κ1) is 64.5. The highest BCUT2D eigenvalue weighted by molar-refractivity contribution is 6.36. The van der Waals surface area contributed by atoms with Crippen LogP contribution in [0.25, 0.3) is 0 Å². The van der Waals surface area contributed by atoms with E-state index in [9.17, 15) is 38.4 Å². The lowest BCUT2D eigenvalue weighted by atomic mass is 9.78. The minimum absolute atomic E-state index is 0.266. The molecule has 0 aliphatic carbocycles. The highest BCUT2D eigenvalue weighted by atomic mass is 16.5. The third-order valence-electron chi connectivity index (χ3n) is 19.0. The second kappa shape index (κ2) is 26.1. The number of aryl methyl sites for hydroxylation is 8. The summed E-state index contributed by atoms with van der Waals surface area (Å²) in [5.41, 5.74) is 16.6. The van der Waals surface area contributed by atoms with Gasteiger partial charge in [-0.15, -0.1) is 0 Å². The van der Waals surface area contributed by atoms with Gasteiger partial charge in [0.1, 0.15) is 23.0 Å². The van der Waals surface area contributed by atoms with Gasteiger partial charge in [-0.3, -0.25) is 38.4 Å². The van der Waals surface area contributed by atoms with Crippen LogP contribution in [0.5, 0.6) is 23.0 Å². The van der Waals surface area contributed by atoms with Gasteiger partial charge < -0.3 is 9.47 Å². The number of ether oxygens (including phenoxy) is 2. The first-order chi connectivity index (χ1) is 45.7. The Morgan fingerprint density at radius 2 is 0.516 bits per heavy atom. The number of imide groups is 4. The first-order valence-corrected chi connectivity index (χ1v) is 33.1. The van der Waals surface area contributed by atoms with E-state index in [0.29, 0.717) is 121 Å². The van der Waals surface area contributed by atoms with Gasteiger partial charge in [-0.2, -0.15) is 0 Å². The Morgan fingerprint density at radius 1 is 0.284 bits per heavy atom. The van der Waals surface area contributed by atoms with Gasteiger partial charge in [0, 0.05) is 29.7 Å². The Balaban J connectivity index is 0.702. The number of carbonyl (C=O) groups is 8. The van der Waals surface area contributed by atoms with Crippen LogP contribution >= 0.6 is 0 Å². The van der Waals surface area contributed by atoms with E-state index in [1.54, 1.807) is 36.4 Å². The Labute approximate surface area is 554 Å². The summed E-state index contributed by atoms with van der Waals surface area (Å²) in [6.45, 7) is 20.4. The van der Waals surface area contributed by atoms with Crippen molar-refractivity contribution in [3.8, 4) is 23.0 Å². The summed E-state index contributed by atoms with van der Waals surface area (Å²) < 4.78 is 12.7. The van der Waals surface area contributed by atoms with Crippen molar-refractivity contribution in [1.82, 2.24) is 0 Å². The van der Waals surface area contributed by atoms with E-state index >= 15 is 0 Å². The fourth-order valence-electron chi connectivity index (χ4n) is 14.0. The van der Waals surface area contributed by atoms with Crippen LogP contribution in [0.1, 0.15) is 189 Å². The molecule has 4 aliphatic rings. The molecule has 8 aromatic rings. The normalized spacial score (nSPS) is 14.4. The molecular formula is C81H76N4O10. The molecule has 0 spiro atoms. The maximum Gasteiger partial charge on any atom is 0.266 e. The monoisotopic (exact) mass is 1260 g/mol. The van der Waals surface area contributed by atoms with Crippen LogP contribution in [0.3, 0.4) is 0 Å². The summed E-state index contributed by atoms with van der Waals surface area (Å²) in [5.74, 6) is -1.01. The van der Waals surface area contributed by atoms with Crippen molar-refractivity contribution in [3.05, 3.63) is 258 Å². The van der Waals surface area contributed by atoms with Gasteiger partial charge in [-0.25, -0.2) is 19.6 Å². The molecule has 95 heavy (non-hydrogen) atoms. The van der Waals surface area contributed by atoms with Crippen molar-refractivity contribution in [2.24, 2.45) is 0 Å². The van der Waals surface area contributed by atoms with E-state index in [-0.39, 0.29) is 46.6 Å². The Morgan fingerprint density at radius 3 is 0.768 bits per heavy atom. The van der Waals surface area contributed by atoms with Crippen LogP contribution in [0, 0.1) is 0 Å². The second-order valence-electron chi connectivity index (χ2n) is 25.1. The van der Waals surface area contributed by atoms with Gasteiger partial charge >= 0.3 is 0 Å². The van der Waals surface area contributed by atoms with Gasteiger partial charge in [0.15, 0.2) is 0 Å². The molecule has 8 aromatic carbocycles. The molecule has 12 rings (SSSR count). The van der Waals surface area contributed by atoms with Crippen LogP contribution in [0.15, 0.2) is 158 Å².